The molecule has 90 valence electrons. The number of nitrogens with one attached hydrogen (secondary N) is 2. The minimum atomic E-state index is 0.0156. The first-order chi connectivity index (χ1) is 7.48. The molecule has 0 fully saturated rings. The lowest BCUT2D eigenvalue weighted by Gasteiger charge is -2.23. The van der Waals surface area contributed by atoms with Gasteiger partial charge in [0, 0.05) is 17.6 Å². The highest BCUT2D eigenvalue weighted by atomic mass is 15.1. The van der Waals surface area contributed by atoms with Gasteiger partial charge in [-0.1, -0.05) is 6.92 Å². The van der Waals surface area contributed by atoms with Gasteiger partial charge in [0.15, 0.2) is 0 Å². The van der Waals surface area contributed by atoms with E-state index in [0.29, 0.717) is 0 Å². The maximum Gasteiger partial charge on any atom is 0.135 e. The Kier molecular flexibility index (Phi) is 4.10. The Balaban J connectivity index is 3.04. The van der Waals surface area contributed by atoms with Gasteiger partial charge in [0.25, 0.3) is 0 Å². The summed E-state index contributed by atoms with van der Waals surface area (Å²) in [6.07, 6.45) is 2.52. The average Bonchev–Trinajstić information content (AvgIpc) is 2.16. The highest BCUT2D eigenvalue weighted by Gasteiger charge is 2.15. The lowest BCUT2D eigenvalue weighted by molar-refractivity contribution is 0.628. The molecule has 0 spiro atoms. The number of hydrogen-bond acceptors (Lipinski definition) is 4. The number of rotatable bonds is 4. The van der Waals surface area contributed by atoms with Gasteiger partial charge in [-0.2, -0.15) is 0 Å². The molecule has 1 rings (SSSR count). The topological polar surface area (TPSA) is 49.8 Å². The van der Waals surface area contributed by atoms with E-state index in [0.717, 1.165) is 30.2 Å². The fourth-order valence-electron chi connectivity index (χ4n) is 1.53. The fraction of sp³-hybridized carbons (Fsp3) is 0.667. The molecule has 0 bridgehead atoms. The molecule has 0 saturated heterocycles. The lowest BCUT2D eigenvalue weighted by atomic mass is 10.1. The van der Waals surface area contributed by atoms with Crippen molar-refractivity contribution in [3.63, 3.8) is 0 Å². The van der Waals surface area contributed by atoms with Crippen LogP contribution in [0.25, 0.3) is 0 Å². The molecule has 1 heterocycles. The number of anilines is 2. The number of aromatic nitrogens is 2. The summed E-state index contributed by atoms with van der Waals surface area (Å²) >= 11 is 0. The number of nitrogens with zero attached hydrogens (tertiary/aromatic N) is 2. The highest BCUT2D eigenvalue weighted by molar-refractivity contribution is 5.58. The van der Waals surface area contributed by atoms with Crippen LogP contribution in [0.2, 0.25) is 0 Å². The van der Waals surface area contributed by atoms with Crippen molar-refractivity contribution in [3.8, 4) is 0 Å². The second-order valence-corrected chi connectivity index (χ2v) is 4.81. The highest BCUT2D eigenvalue weighted by Crippen LogP contribution is 2.22. The molecule has 4 heteroatoms. The summed E-state index contributed by atoms with van der Waals surface area (Å²) < 4.78 is 0. The minimum Gasteiger partial charge on any atom is -0.370 e. The van der Waals surface area contributed by atoms with Crippen LogP contribution in [0, 0.1) is 0 Å². The zero-order valence-corrected chi connectivity index (χ0v) is 10.9. The molecule has 1 aromatic heterocycles. The maximum absolute atomic E-state index is 4.32. The lowest BCUT2D eigenvalue weighted by Crippen LogP contribution is -2.27. The van der Waals surface area contributed by atoms with Gasteiger partial charge in [-0.3, -0.25) is 0 Å². The quantitative estimate of drug-likeness (QED) is 0.822. The first-order valence-corrected chi connectivity index (χ1v) is 5.83. The normalized spacial score (nSPS) is 11.3. The van der Waals surface area contributed by atoms with E-state index in [-0.39, 0.29) is 5.54 Å². The van der Waals surface area contributed by atoms with Gasteiger partial charge in [-0.05, 0) is 34.1 Å². The summed E-state index contributed by atoms with van der Waals surface area (Å²) in [7, 11) is 0. The molecule has 0 aliphatic carbocycles. The molecular weight excluding hydrogens is 200 g/mol. The Labute approximate surface area is 97.9 Å². The standard InChI is InChI=1S/C12H22N4/c1-6-9-10(13-7-2)14-8-15-11(9)16-12(3,4)5/h8H,6-7H2,1-5H3,(H2,13,14,15,16). The summed E-state index contributed by atoms with van der Waals surface area (Å²) in [6.45, 7) is 11.4. The zero-order valence-electron chi connectivity index (χ0n) is 10.9. The first-order valence-electron chi connectivity index (χ1n) is 5.83. The van der Waals surface area contributed by atoms with Crippen molar-refractivity contribution < 1.29 is 0 Å². The van der Waals surface area contributed by atoms with Crippen LogP contribution in [0.1, 0.15) is 40.2 Å². The predicted octanol–water partition coefficient (Wildman–Crippen LogP) is 2.68. The number of hydrogen-bond donors (Lipinski definition) is 2. The van der Waals surface area contributed by atoms with E-state index >= 15 is 0 Å². The van der Waals surface area contributed by atoms with Crippen LogP contribution < -0.4 is 10.6 Å². The predicted molar refractivity (Wildman–Crippen MR) is 68.9 cm³/mol. The van der Waals surface area contributed by atoms with Crippen molar-refractivity contribution in [1.29, 1.82) is 0 Å². The summed E-state index contributed by atoms with van der Waals surface area (Å²) in [4.78, 5) is 8.58. The van der Waals surface area contributed by atoms with Crippen LogP contribution in [-0.4, -0.2) is 22.1 Å². The van der Waals surface area contributed by atoms with Crippen molar-refractivity contribution in [2.24, 2.45) is 0 Å². The summed E-state index contributed by atoms with van der Waals surface area (Å²) in [5, 5.41) is 6.67. The third-order valence-corrected chi connectivity index (χ3v) is 2.14. The van der Waals surface area contributed by atoms with Crippen LogP contribution in [0.5, 0.6) is 0 Å². The first kappa shape index (κ1) is 12.7. The van der Waals surface area contributed by atoms with Crippen LogP contribution in [0.4, 0.5) is 11.6 Å². The van der Waals surface area contributed by atoms with Crippen molar-refractivity contribution in [2.75, 3.05) is 17.2 Å². The third-order valence-electron chi connectivity index (χ3n) is 2.14. The molecule has 0 radical (unpaired) electrons. The van der Waals surface area contributed by atoms with Crippen molar-refractivity contribution in [1.82, 2.24) is 9.97 Å². The van der Waals surface area contributed by atoms with Gasteiger partial charge in [0.05, 0.1) is 0 Å². The molecule has 0 saturated carbocycles. The summed E-state index contributed by atoms with van der Waals surface area (Å²) in [5.41, 5.74) is 1.17. The molecule has 0 aliphatic rings. The van der Waals surface area contributed by atoms with E-state index in [1.54, 1.807) is 6.33 Å². The average molecular weight is 222 g/mol. The Morgan fingerprint density at radius 1 is 1.12 bits per heavy atom. The molecule has 4 nitrogen and oxygen atoms in total. The summed E-state index contributed by atoms with van der Waals surface area (Å²) in [5.74, 6) is 1.87. The Bertz CT molecular complexity index is 341. The molecule has 0 aromatic carbocycles. The maximum atomic E-state index is 4.32. The van der Waals surface area contributed by atoms with E-state index in [4.69, 9.17) is 0 Å². The Morgan fingerprint density at radius 3 is 2.25 bits per heavy atom. The SMILES string of the molecule is CCNc1ncnc(NC(C)(C)C)c1CC. The van der Waals surface area contributed by atoms with E-state index in [1.807, 2.05) is 0 Å². The Morgan fingerprint density at radius 2 is 1.75 bits per heavy atom. The van der Waals surface area contributed by atoms with Crippen molar-refractivity contribution in [3.05, 3.63) is 11.9 Å². The van der Waals surface area contributed by atoms with Gasteiger partial charge in [-0.15, -0.1) is 0 Å². The van der Waals surface area contributed by atoms with Gasteiger partial charge < -0.3 is 10.6 Å². The van der Waals surface area contributed by atoms with Gasteiger partial charge in [0.1, 0.15) is 18.0 Å². The molecule has 16 heavy (non-hydrogen) atoms. The molecule has 0 amide bonds. The fourth-order valence-corrected chi connectivity index (χ4v) is 1.53. The van der Waals surface area contributed by atoms with E-state index in [9.17, 15) is 0 Å². The van der Waals surface area contributed by atoms with Crippen LogP contribution in [-0.2, 0) is 6.42 Å². The monoisotopic (exact) mass is 222 g/mol. The van der Waals surface area contributed by atoms with Gasteiger partial charge in [-0.25, -0.2) is 9.97 Å². The van der Waals surface area contributed by atoms with Gasteiger partial charge >= 0.3 is 0 Å². The molecule has 0 unspecified atom stereocenters. The largest absolute Gasteiger partial charge is 0.370 e. The minimum absolute atomic E-state index is 0.0156. The van der Waals surface area contributed by atoms with Crippen molar-refractivity contribution >= 4 is 11.6 Å². The molecule has 0 aliphatic heterocycles. The molecular formula is C12H22N4. The van der Waals surface area contributed by atoms with Crippen LogP contribution in [0.15, 0.2) is 6.33 Å². The summed E-state index contributed by atoms with van der Waals surface area (Å²) in [6, 6.07) is 0. The van der Waals surface area contributed by atoms with Gasteiger partial charge in [0.2, 0.25) is 0 Å². The van der Waals surface area contributed by atoms with Crippen molar-refractivity contribution in [2.45, 2.75) is 46.6 Å². The van der Waals surface area contributed by atoms with E-state index in [2.05, 4.69) is 55.2 Å². The molecule has 1 aromatic rings. The smallest absolute Gasteiger partial charge is 0.135 e. The third kappa shape index (κ3) is 3.36. The second kappa shape index (κ2) is 5.14. The van der Waals surface area contributed by atoms with Crippen LogP contribution >= 0.6 is 0 Å². The second-order valence-electron chi connectivity index (χ2n) is 4.81. The zero-order chi connectivity index (χ0) is 12.2. The van der Waals surface area contributed by atoms with E-state index < -0.39 is 0 Å². The van der Waals surface area contributed by atoms with Crippen LogP contribution in [0.3, 0.4) is 0 Å². The van der Waals surface area contributed by atoms with E-state index in [1.165, 1.54) is 0 Å². The molecule has 0 atom stereocenters. The Hall–Kier alpha value is -1.32. The molecule has 2 N–H and O–H groups in total.